The first-order valence-corrected chi connectivity index (χ1v) is 14.4. The van der Waals surface area contributed by atoms with Gasteiger partial charge in [0.25, 0.3) is 0 Å². The highest BCUT2D eigenvalue weighted by atomic mass is 28.4. The fraction of sp³-hybridized carbons (Fsp3) is 0.875. The van der Waals surface area contributed by atoms with Crippen molar-refractivity contribution < 1.29 is 28.2 Å². The van der Waals surface area contributed by atoms with Crippen molar-refractivity contribution >= 4 is 14.1 Å². The van der Waals surface area contributed by atoms with E-state index in [4.69, 9.17) is 23.4 Å². The average Bonchev–Trinajstić information content (AvgIpc) is 3.17. The molecular weight excluding hydrogens is 412 g/mol. The van der Waals surface area contributed by atoms with Gasteiger partial charge >= 0.3 is 0 Å². The molecule has 7 heteroatoms. The van der Waals surface area contributed by atoms with E-state index in [1.807, 2.05) is 13.0 Å². The van der Waals surface area contributed by atoms with Gasteiger partial charge in [-0.05, 0) is 36.9 Å². The number of hydrogen-bond acceptors (Lipinski definition) is 6. The Bertz CT molecular complexity index is 624. The quantitative estimate of drug-likeness (QED) is 0.201. The van der Waals surface area contributed by atoms with E-state index in [1.165, 1.54) is 0 Å². The van der Waals surface area contributed by atoms with Gasteiger partial charge in [0.2, 0.25) is 0 Å². The van der Waals surface area contributed by atoms with Crippen molar-refractivity contribution in [2.24, 2.45) is 16.7 Å². The van der Waals surface area contributed by atoms with Crippen LogP contribution < -0.4 is 0 Å². The van der Waals surface area contributed by atoms with Gasteiger partial charge in [-0.2, -0.15) is 0 Å². The van der Waals surface area contributed by atoms with Crippen molar-refractivity contribution in [1.29, 1.82) is 0 Å². The number of carbonyl (C=O) groups excluding carboxylic acids is 1. The minimum Gasteiger partial charge on any atom is -0.414 e. The number of hydrogen-bond donors (Lipinski definition) is 0. The van der Waals surface area contributed by atoms with Gasteiger partial charge in [-0.1, -0.05) is 40.7 Å². The SMILES string of the molecule is C=CC[C@]1(CC2OCCO2)C[C@@H](O[Si](C)(C)C(C)(C)C)[C@H](C)[C@](C)(COCOC)C1=O. The van der Waals surface area contributed by atoms with Crippen LogP contribution in [0.15, 0.2) is 12.7 Å². The molecule has 0 aromatic rings. The van der Waals surface area contributed by atoms with Crippen LogP contribution in [-0.2, 0) is 28.2 Å². The van der Waals surface area contributed by atoms with E-state index in [0.717, 1.165) is 0 Å². The van der Waals surface area contributed by atoms with Crippen molar-refractivity contribution in [3.63, 3.8) is 0 Å². The first-order chi connectivity index (χ1) is 14.3. The summed E-state index contributed by atoms with van der Waals surface area (Å²) < 4.78 is 29.4. The topological polar surface area (TPSA) is 63.2 Å². The maximum atomic E-state index is 14.1. The molecule has 2 rings (SSSR count). The maximum Gasteiger partial charge on any atom is 0.192 e. The van der Waals surface area contributed by atoms with Crippen LogP contribution in [0.3, 0.4) is 0 Å². The minimum atomic E-state index is -2.05. The minimum absolute atomic E-state index is 0.00864. The zero-order chi connectivity index (χ0) is 23.5. The predicted octanol–water partition coefficient (Wildman–Crippen LogP) is 4.94. The molecule has 0 amide bonds. The molecule has 6 nitrogen and oxygen atoms in total. The molecule has 1 aliphatic heterocycles. The molecule has 31 heavy (non-hydrogen) atoms. The lowest BCUT2D eigenvalue weighted by Gasteiger charge is -2.54. The van der Waals surface area contributed by atoms with Crippen LogP contribution in [0.2, 0.25) is 18.1 Å². The fourth-order valence-electron chi connectivity index (χ4n) is 4.67. The van der Waals surface area contributed by atoms with Gasteiger partial charge in [-0.25, -0.2) is 0 Å². The largest absolute Gasteiger partial charge is 0.414 e. The monoisotopic (exact) mass is 456 g/mol. The lowest BCUT2D eigenvalue weighted by Crippen LogP contribution is -2.60. The molecule has 0 bridgehead atoms. The molecule has 0 aromatic heterocycles. The summed E-state index contributed by atoms with van der Waals surface area (Å²) in [5.74, 6) is 0.201. The van der Waals surface area contributed by atoms with Crippen molar-refractivity contribution in [3.8, 4) is 0 Å². The summed E-state index contributed by atoms with van der Waals surface area (Å²) in [5.41, 5.74) is -1.35. The number of Topliss-reactive ketones (excluding diaryl/α,β-unsaturated/α-hetero) is 1. The third-order valence-electron chi connectivity index (χ3n) is 7.79. The Morgan fingerprint density at radius 2 is 1.87 bits per heavy atom. The maximum absolute atomic E-state index is 14.1. The van der Waals surface area contributed by atoms with Gasteiger partial charge in [0.1, 0.15) is 12.6 Å². The Labute approximate surface area is 190 Å². The Hall–Kier alpha value is -0.573. The van der Waals surface area contributed by atoms with Crippen molar-refractivity contribution in [3.05, 3.63) is 12.7 Å². The summed E-state index contributed by atoms with van der Waals surface area (Å²) in [4.78, 5) is 14.1. The zero-order valence-electron chi connectivity index (χ0n) is 20.9. The van der Waals surface area contributed by atoms with E-state index >= 15 is 0 Å². The van der Waals surface area contributed by atoms with Gasteiger partial charge in [0.15, 0.2) is 14.6 Å². The molecule has 2 aliphatic rings. The third kappa shape index (κ3) is 5.68. The molecule has 1 aliphatic carbocycles. The highest BCUT2D eigenvalue weighted by Gasteiger charge is 2.59. The van der Waals surface area contributed by atoms with E-state index in [1.54, 1.807) is 7.11 Å². The van der Waals surface area contributed by atoms with Crippen molar-refractivity contribution in [2.75, 3.05) is 33.7 Å². The van der Waals surface area contributed by atoms with Gasteiger partial charge in [-0.3, -0.25) is 4.79 Å². The first kappa shape index (κ1) is 26.7. The van der Waals surface area contributed by atoms with Gasteiger partial charge < -0.3 is 23.4 Å². The summed E-state index contributed by atoms with van der Waals surface area (Å²) in [7, 11) is -0.460. The Balaban J connectivity index is 2.45. The van der Waals surface area contributed by atoms with Crippen LogP contribution in [0.5, 0.6) is 0 Å². The summed E-state index contributed by atoms with van der Waals surface area (Å²) in [6, 6.07) is 0. The summed E-state index contributed by atoms with van der Waals surface area (Å²) >= 11 is 0. The molecule has 180 valence electrons. The molecule has 1 saturated carbocycles. The van der Waals surface area contributed by atoms with Gasteiger partial charge in [0.05, 0.1) is 25.2 Å². The van der Waals surface area contributed by atoms with Gasteiger partial charge in [0, 0.05) is 25.0 Å². The number of methoxy groups -OCH3 is 1. The lowest BCUT2D eigenvalue weighted by molar-refractivity contribution is -0.175. The second-order valence-electron chi connectivity index (χ2n) is 11.1. The Kier molecular flexibility index (Phi) is 8.73. The number of rotatable bonds is 10. The normalized spacial score (nSPS) is 33.1. The van der Waals surface area contributed by atoms with Crippen molar-refractivity contribution in [1.82, 2.24) is 0 Å². The van der Waals surface area contributed by atoms with E-state index < -0.39 is 19.1 Å². The second kappa shape index (κ2) is 10.1. The van der Waals surface area contributed by atoms with Crippen LogP contribution in [0.25, 0.3) is 0 Å². The summed E-state index contributed by atoms with van der Waals surface area (Å²) in [6.07, 6.45) is 3.16. The Morgan fingerprint density at radius 3 is 2.39 bits per heavy atom. The highest BCUT2D eigenvalue weighted by Crippen LogP contribution is 2.54. The molecule has 0 radical (unpaired) electrons. The highest BCUT2D eigenvalue weighted by molar-refractivity contribution is 6.74. The van der Waals surface area contributed by atoms with Crippen LogP contribution in [0, 0.1) is 16.7 Å². The molecule has 0 aromatic carbocycles. The molecule has 0 N–H and O–H groups in total. The van der Waals surface area contributed by atoms with Crippen LogP contribution in [0.1, 0.15) is 53.9 Å². The zero-order valence-corrected chi connectivity index (χ0v) is 21.9. The molecule has 4 atom stereocenters. The molecular formula is C24H44O6Si. The van der Waals surface area contributed by atoms with E-state index in [-0.39, 0.29) is 35.9 Å². The molecule has 1 saturated heterocycles. The van der Waals surface area contributed by atoms with E-state index in [0.29, 0.717) is 39.1 Å². The molecule has 0 spiro atoms. The van der Waals surface area contributed by atoms with Crippen molar-refractivity contribution in [2.45, 2.75) is 84.4 Å². The number of carbonyl (C=O) groups is 1. The molecule has 1 heterocycles. The third-order valence-corrected chi connectivity index (χ3v) is 12.3. The molecule has 2 fully saturated rings. The van der Waals surface area contributed by atoms with E-state index in [9.17, 15) is 4.79 Å². The lowest BCUT2D eigenvalue weighted by atomic mass is 9.54. The van der Waals surface area contributed by atoms with Crippen LogP contribution in [0.4, 0.5) is 0 Å². The van der Waals surface area contributed by atoms with Crippen LogP contribution in [-0.4, -0.2) is 60.2 Å². The first-order valence-electron chi connectivity index (χ1n) is 11.5. The fourth-order valence-corrected chi connectivity index (χ4v) is 6.06. The number of allylic oxidation sites excluding steroid dienone is 1. The Morgan fingerprint density at radius 1 is 1.26 bits per heavy atom. The van der Waals surface area contributed by atoms with Gasteiger partial charge in [-0.15, -0.1) is 6.58 Å². The summed E-state index contributed by atoms with van der Waals surface area (Å²) in [5, 5.41) is 0.0793. The number of ketones is 1. The standard InChI is InChI=1S/C24H44O6Si/c1-10-11-24(15-20-28-12-13-29-20)14-19(30-31(8,9)22(3,4)5)18(2)23(6,21(24)25)16-27-17-26-7/h10,18-20H,1,11-17H2,2-9H3/t18-,19+,23-,24+/m0/s1. The molecule has 0 unspecified atom stereocenters. The number of ether oxygens (including phenoxy) is 4. The summed E-state index contributed by atoms with van der Waals surface area (Å²) in [6.45, 7) is 21.0. The smallest absolute Gasteiger partial charge is 0.192 e. The predicted molar refractivity (Wildman–Crippen MR) is 124 cm³/mol. The second-order valence-corrected chi connectivity index (χ2v) is 15.8. The van der Waals surface area contributed by atoms with E-state index in [2.05, 4.69) is 47.4 Å². The average molecular weight is 457 g/mol. The van der Waals surface area contributed by atoms with Crippen LogP contribution >= 0.6 is 0 Å².